The van der Waals surface area contributed by atoms with Crippen LogP contribution in [-0.4, -0.2) is 67.0 Å². The van der Waals surface area contributed by atoms with Crippen LogP contribution < -0.4 is 4.90 Å². The number of nitrogens with zero attached hydrogens (tertiary/aromatic N) is 5. The maximum Gasteiger partial charge on any atom is 0.420 e. The first-order chi connectivity index (χ1) is 17.5. The van der Waals surface area contributed by atoms with Crippen LogP contribution in [0.2, 0.25) is 0 Å². The number of carbonyl (C=O) groups excluding carboxylic acids is 1. The number of hydrogen-bond donors (Lipinski definition) is 1. The molecule has 0 saturated carbocycles. The van der Waals surface area contributed by atoms with Gasteiger partial charge in [-0.2, -0.15) is 0 Å². The summed E-state index contributed by atoms with van der Waals surface area (Å²) in [6.45, 7) is 8.73. The van der Waals surface area contributed by atoms with E-state index in [-0.39, 0.29) is 12.4 Å². The number of hydrogen-bond acceptors (Lipinski definition) is 9. The quantitative estimate of drug-likeness (QED) is 0.530. The fraction of sp³-hybridized carbons (Fsp3) is 0.462. The Bertz CT molecular complexity index is 1370. The van der Waals surface area contributed by atoms with Gasteiger partial charge in [0.2, 0.25) is 0 Å². The van der Waals surface area contributed by atoms with Crippen molar-refractivity contribution in [2.75, 3.05) is 11.5 Å². The summed E-state index contributed by atoms with van der Waals surface area (Å²) in [6.07, 6.45) is 5.62. The molecule has 4 heterocycles. The minimum Gasteiger partial charge on any atom is -0.443 e. The molecule has 4 atom stereocenters. The number of anilines is 2. The van der Waals surface area contributed by atoms with Crippen molar-refractivity contribution >= 4 is 28.8 Å². The van der Waals surface area contributed by atoms with E-state index in [0.717, 1.165) is 0 Å². The van der Waals surface area contributed by atoms with Crippen LogP contribution in [0.4, 0.5) is 16.3 Å². The van der Waals surface area contributed by atoms with Gasteiger partial charge in [0, 0.05) is 5.56 Å². The summed E-state index contributed by atoms with van der Waals surface area (Å²) >= 11 is 0. The largest absolute Gasteiger partial charge is 0.443 e. The highest BCUT2D eigenvalue weighted by Gasteiger charge is 2.56. The van der Waals surface area contributed by atoms with E-state index in [1.807, 2.05) is 13.8 Å². The van der Waals surface area contributed by atoms with E-state index < -0.39 is 42.0 Å². The molecular weight excluding hydrogens is 478 g/mol. The van der Waals surface area contributed by atoms with Crippen molar-refractivity contribution in [3.63, 3.8) is 0 Å². The summed E-state index contributed by atoms with van der Waals surface area (Å²) in [6, 6.07) is 6.94. The topological polar surface area (TPSA) is 121 Å². The fourth-order valence-corrected chi connectivity index (χ4v) is 4.58. The van der Waals surface area contributed by atoms with Crippen molar-refractivity contribution in [3.8, 4) is 12.3 Å². The zero-order valence-corrected chi connectivity index (χ0v) is 21.3. The molecule has 5 rings (SSSR count). The molecular formula is C26H29N5O6. The van der Waals surface area contributed by atoms with Crippen molar-refractivity contribution in [2.45, 2.75) is 70.5 Å². The van der Waals surface area contributed by atoms with Crippen LogP contribution in [0.1, 0.15) is 46.4 Å². The lowest BCUT2D eigenvalue weighted by Crippen LogP contribution is -2.34. The molecule has 0 bridgehead atoms. The smallest absolute Gasteiger partial charge is 0.420 e. The molecule has 2 fully saturated rings. The molecule has 37 heavy (non-hydrogen) atoms. The Morgan fingerprint density at radius 2 is 2.00 bits per heavy atom. The molecule has 194 valence electrons. The number of terminal acetylenes is 1. The Kier molecular flexibility index (Phi) is 6.16. The Hall–Kier alpha value is -3.56. The Morgan fingerprint density at radius 3 is 2.70 bits per heavy atom. The van der Waals surface area contributed by atoms with Crippen molar-refractivity contribution in [3.05, 3.63) is 42.5 Å². The molecule has 0 unspecified atom stereocenters. The Balaban J connectivity index is 1.60. The minimum absolute atomic E-state index is 0.212. The van der Waals surface area contributed by atoms with Crippen LogP contribution in [0.15, 0.2) is 36.9 Å². The SMILES string of the molecule is C#Cc1cccc(N(C(=O)OC(C)(C)C)c2ncnc3c2ncn3[C@@H]2O[C@H](CO)[C@H]3OC(C)(C)O[C@H]32)c1. The number of imidazole rings is 1. The number of rotatable bonds is 4. The van der Waals surface area contributed by atoms with E-state index in [4.69, 9.17) is 25.4 Å². The maximum atomic E-state index is 13.4. The molecule has 0 radical (unpaired) electrons. The average Bonchev–Trinajstić information content (AvgIpc) is 3.49. The second-order valence-electron chi connectivity index (χ2n) is 10.3. The summed E-state index contributed by atoms with van der Waals surface area (Å²) in [7, 11) is 0. The predicted octanol–water partition coefficient (Wildman–Crippen LogP) is 3.29. The average molecular weight is 508 g/mol. The minimum atomic E-state index is -0.836. The second kappa shape index (κ2) is 9.08. The molecule has 1 aromatic carbocycles. The normalized spacial score (nSPS) is 24.6. The molecule has 2 aliphatic rings. The van der Waals surface area contributed by atoms with Crippen LogP contribution in [0.5, 0.6) is 0 Å². The summed E-state index contributed by atoms with van der Waals surface area (Å²) in [5, 5.41) is 9.87. The van der Waals surface area contributed by atoms with Gasteiger partial charge < -0.3 is 24.1 Å². The van der Waals surface area contributed by atoms with Gasteiger partial charge in [0.1, 0.15) is 30.2 Å². The van der Waals surface area contributed by atoms with Crippen molar-refractivity contribution in [2.24, 2.45) is 0 Å². The van der Waals surface area contributed by atoms with Gasteiger partial charge in [-0.3, -0.25) is 4.57 Å². The number of benzene rings is 1. The Labute approximate surface area is 214 Å². The first-order valence-corrected chi connectivity index (χ1v) is 11.9. The van der Waals surface area contributed by atoms with Crippen LogP contribution in [0.3, 0.4) is 0 Å². The van der Waals surface area contributed by atoms with Gasteiger partial charge in [-0.25, -0.2) is 24.6 Å². The number of fused-ring (bicyclic) bond motifs is 2. The van der Waals surface area contributed by atoms with E-state index in [1.54, 1.807) is 55.9 Å². The van der Waals surface area contributed by atoms with Crippen LogP contribution in [0.25, 0.3) is 11.2 Å². The van der Waals surface area contributed by atoms with Gasteiger partial charge in [-0.1, -0.05) is 12.0 Å². The van der Waals surface area contributed by atoms with E-state index in [2.05, 4.69) is 20.9 Å². The van der Waals surface area contributed by atoms with Crippen molar-refractivity contribution < 1.29 is 28.8 Å². The van der Waals surface area contributed by atoms with Gasteiger partial charge in [0.15, 0.2) is 29.0 Å². The lowest BCUT2D eigenvalue weighted by molar-refractivity contribution is -0.199. The third-order valence-corrected chi connectivity index (χ3v) is 5.98. The molecule has 1 amide bonds. The van der Waals surface area contributed by atoms with Gasteiger partial charge in [-0.15, -0.1) is 6.42 Å². The van der Waals surface area contributed by atoms with Crippen LogP contribution >= 0.6 is 0 Å². The molecule has 2 aliphatic heterocycles. The molecule has 0 aliphatic carbocycles. The highest BCUT2D eigenvalue weighted by molar-refractivity contribution is 6.01. The molecule has 11 heteroatoms. The highest BCUT2D eigenvalue weighted by Crippen LogP contribution is 2.44. The monoisotopic (exact) mass is 507 g/mol. The van der Waals surface area contributed by atoms with Gasteiger partial charge in [0.25, 0.3) is 0 Å². The zero-order valence-electron chi connectivity index (χ0n) is 21.3. The van der Waals surface area contributed by atoms with Gasteiger partial charge in [0.05, 0.1) is 18.6 Å². The number of carbonyl (C=O) groups is 1. The first-order valence-electron chi connectivity index (χ1n) is 11.9. The highest BCUT2D eigenvalue weighted by atomic mass is 16.8. The molecule has 11 nitrogen and oxygen atoms in total. The first kappa shape index (κ1) is 25.1. The van der Waals surface area contributed by atoms with E-state index in [9.17, 15) is 9.90 Å². The Morgan fingerprint density at radius 1 is 1.24 bits per heavy atom. The standard InChI is InChI=1S/C26H29N5O6/c1-7-15-9-8-10-16(11-15)31(24(33)37-25(2,3)4)22-18-21(27-13-28-22)30(14-29-18)23-20-19(17(12-32)34-23)35-26(5,6)36-20/h1,8-11,13-14,17,19-20,23,32H,12H2,2-6H3/t17-,19-,20-,23-/m1/s1. The summed E-state index contributed by atoms with van der Waals surface area (Å²) in [4.78, 5) is 28.1. The van der Waals surface area contributed by atoms with E-state index in [0.29, 0.717) is 22.4 Å². The maximum absolute atomic E-state index is 13.4. The van der Waals surface area contributed by atoms with E-state index in [1.165, 1.54) is 11.2 Å². The second-order valence-corrected chi connectivity index (χ2v) is 10.3. The van der Waals surface area contributed by atoms with Crippen molar-refractivity contribution in [1.82, 2.24) is 19.5 Å². The number of aliphatic hydroxyl groups is 1. The number of aromatic nitrogens is 4. The summed E-state index contributed by atoms with van der Waals surface area (Å²) < 4.78 is 25.6. The molecule has 1 N–H and O–H groups in total. The third-order valence-electron chi connectivity index (χ3n) is 5.98. The molecule has 2 aromatic heterocycles. The van der Waals surface area contributed by atoms with Crippen LogP contribution in [-0.2, 0) is 18.9 Å². The lowest BCUT2D eigenvalue weighted by Gasteiger charge is -2.27. The van der Waals surface area contributed by atoms with Gasteiger partial charge in [-0.05, 0) is 52.8 Å². The number of ether oxygens (including phenoxy) is 4. The molecule has 3 aromatic rings. The molecule has 0 spiro atoms. The van der Waals surface area contributed by atoms with E-state index >= 15 is 0 Å². The zero-order chi connectivity index (χ0) is 26.5. The molecule has 2 saturated heterocycles. The summed E-state index contributed by atoms with van der Waals surface area (Å²) in [5.41, 5.74) is 1.03. The number of aliphatic hydroxyl groups excluding tert-OH is 1. The van der Waals surface area contributed by atoms with Crippen molar-refractivity contribution in [1.29, 1.82) is 0 Å². The number of amides is 1. The van der Waals surface area contributed by atoms with Crippen LogP contribution in [0, 0.1) is 12.3 Å². The lowest BCUT2D eigenvalue weighted by atomic mass is 10.1. The third kappa shape index (κ3) is 4.65. The fourth-order valence-electron chi connectivity index (χ4n) is 4.58. The van der Waals surface area contributed by atoms with Gasteiger partial charge >= 0.3 is 6.09 Å². The summed E-state index contributed by atoms with van der Waals surface area (Å²) in [5.74, 6) is 1.96. The predicted molar refractivity (Wildman–Crippen MR) is 133 cm³/mol.